The van der Waals surface area contributed by atoms with Crippen molar-refractivity contribution >= 4 is 28.2 Å². The Balaban J connectivity index is 1.54. The van der Waals surface area contributed by atoms with Gasteiger partial charge in [-0.05, 0) is 30.7 Å². The number of carbonyl (C=O) groups excluding carboxylic acids is 1. The van der Waals surface area contributed by atoms with Crippen LogP contribution < -0.4 is 0 Å². The van der Waals surface area contributed by atoms with Gasteiger partial charge in [-0.3, -0.25) is 9.69 Å². The highest BCUT2D eigenvalue weighted by Crippen LogP contribution is 2.36. The molecule has 1 amide bonds. The first-order chi connectivity index (χ1) is 13.8. The number of imidazole rings is 1. The molecule has 1 aliphatic rings. The fourth-order valence-corrected chi connectivity index (χ4v) is 3.78. The minimum Gasteiger partial charge on any atom is -0.337 e. The Morgan fingerprint density at radius 1 is 1.11 bits per heavy atom. The molecule has 0 N–H and O–H groups in total. The van der Waals surface area contributed by atoms with E-state index in [9.17, 15) is 4.79 Å². The smallest absolute Gasteiger partial charge is 0.228 e. The van der Waals surface area contributed by atoms with Crippen molar-refractivity contribution in [2.75, 3.05) is 6.54 Å². The van der Waals surface area contributed by atoms with Crippen LogP contribution in [0.15, 0.2) is 60.1 Å². The van der Waals surface area contributed by atoms with Gasteiger partial charge in [0.2, 0.25) is 5.91 Å². The van der Waals surface area contributed by atoms with E-state index in [4.69, 9.17) is 4.99 Å². The van der Waals surface area contributed by atoms with Crippen molar-refractivity contribution in [3.8, 4) is 0 Å². The molecule has 0 atom stereocenters. The van der Waals surface area contributed by atoms with Gasteiger partial charge in [-0.2, -0.15) is 0 Å². The van der Waals surface area contributed by atoms with Gasteiger partial charge in [0.15, 0.2) is 0 Å². The fourth-order valence-electron chi connectivity index (χ4n) is 3.78. The van der Waals surface area contributed by atoms with Crippen LogP contribution in [-0.4, -0.2) is 32.7 Å². The van der Waals surface area contributed by atoms with Crippen LogP contribution in [-0.2, 0) is 11.3 Å². The van der Waals surface area contributed by atoms with Crippen molar-refractivity contribution in [2.24, 2.45) is 4.99 Å². The highest BCUT2D eigenvalue weighted by molar-refractivity contribution is 6.22. The third-order valence-electron chi connectivity index (χ3n) is 5.26. The first kappa shape index (κ1) is 18.4. The Bertz CT molecular complexity index is 986. The summed E-state index contributed by atoms with van der Waals surface area (Å²) in [6.07, 6.45) is 10.0. The van der Waals surface area contributed by atoms with Gasteiger partial charge in [-0.1, -0.05) is 43.7 Å². The van der Waals surface area contributed by atoms with E-state index < -0.39 is 0 Å². The van der Waals surface area contributed by atoms with Gasteiger partial charge >= 0.3 is 0 Å². The molecule has 0 saturated heterocycles. The number of aliphatic imine (C=N–C) groups is 1. The summed E-state index contributed by atoms with van der Waals surface area (Å²) in [5.74, 6) is 0.989. The van der Waals surface area contributed by atoms with Gasteiger partial charge in [-0.15, -0.1) is 0 Å². The van der Waals surface area contributed by atoms with Crippen molar-refractivity contribution in [1.82, 2.24) is 14.5 Å². The molecule has 144 valence electrons. The van der Waals surface area contributed by atoms with E-state index >= 15 is 0 Å². The summed E-state index contributed by atoms with van der Waals surface area (Å²) < 4.78 is 2.08. The van der Waals surface area contributed by atoms with E-state index in [1.54, 1.807) is 6.20 Å². The van der Waals surface area contributed by atoms with Crippen molar-refractivity contribution in [3.63, 3.8) is 0 Å². The quantitative estimate of drug-likeness (QED) is 0.525. The second-order valence-electron chi connectivity index (χ2n) is 7.27. The molecule has 5 nitrogen and oxygen atoms in total. The van der Waals surface area contributed by atoms with Gasteiger partial charge < -0.3 is 4.57 Å². The summed E-state index contributed by atoms with van der Waals surface area (Å²) in [7, 11) is 0. The van der Waals surface area contributed by atoms with Gasteiger partial charge in [0.25, 0.3) is 0 Å². The zero-order chi connectivity index (χ0) is 19.3. The molecule has 0 unspecified atom stereocenters. The van der Waals surface area contributed by atoms with Crippen LogP contribution in [0.3, 0.4) is 0 Å². The van der Waals surface area contributed by atoms with Crippen molar-refractivity contribution in [3.05, 3.63) is 60.7 Å². The Morgan fingerprint density at radius 3 is 2.75 bits per heavy atom. The Labute approximate surface area is 165 Å². The molecule has 0 saturated carbocycles. The van der Waals surface area contributed by atoms with Crippen LogP contribution in [0.2, 0.25) is 0 Å². The molecule has 4 rings (SSSR count). The van der Waals surface area contributed by atoms with Gasteiger partial charge in [0, 0.05) is 42.9 Å². The largest absolute Gasteiger partial charge is 0.337 e. The molecular formula is C23H26N4O. The zero-order valence-electron chi connectivity index (χ0n) is 16.3. The monoisotopic (exact) mass is 374 g/mol. The fraction of sp³-hybridized carbons (Fsp3) is 0.348. The number of amides is 1. The lowest BCUT2D eigenvalue weighted by molar-refractivity contribution is -0.127. The molecule has 0 spiro atoms. The molecule has 0 aliphatic carbocycles. The Morgan fingerprint density at radius 2 is 1.96 bits per heavy atom. The molecule has 2 aromatic carbocycles. The summed E-state index contributed by atoms with van der Waals surface area (Å²) in [4.78, 5) is 23.9. The van der Waals surface area contributed by atoms with Crippen LogP contribution in [0.4, 0.5) is 5.69 Å². The number of aryl methyl sites for hydroxylation is 1. The van der Waals surface area contributed by atoms with Crippen molar-refractivity contribution < 1.29 is 4.79 Å². The summed E-state index contributed by atoms with van der Waals surface area (Å²) in [6, 6.07) is 12.4. The predicted molar refractivity (Wildman–Crippen MR) is 113 cm³/mol. The van der Waals surface area contributed by atoms with Crippen molar-refractivity contribution in [2.45, 2.75) is 45.6 Å². The number of rotatable bonds is 8. The second kappa shape index (κ2) is 8.38. The van der Waals surface area contributed by atoms with E-state index in [-0.39, 0.29) is 5.91 Å². The average molecular weight is 374 g/mol. The lowest BCUT2D eigenvalue weighted by atomic mass is 10.0. The molecule has 1 aliphatic heterocycles. The van der Waals surface area contributed by atoms with E-state index in [1.165, 1.54) is 5.39 Å². The maximum Gasteiger partial charge on any atom is 0.228 e. The molecule has 0 fully saturated rings. The maximum atomic E-state index is 13.0. The highest BCUT2D eigenvalue weighted by Gasteiger charge is 2.26. The van der Waals surface area contributed by atoms with Gasteiger partial charge in [-0.25, -0.2) is 9.98 Å². The van der Waals surface area contributed by atoms with Crippen LogP contribution in [0.1, 0.15) is 44.6 Å². The minimum absolute atomic E-state index is 0.174. The molecular weight excluding hydrogens is 348 g/mol. The van der Waals surface area contributed by atoms with Crippen LogP contribution >= 0.6 is 0 Å². The summed E-state index contributed by atoms with van der Waals surface area (Å²) in [5.41, 5.74) is 2.04. The molecule has 28 heavy (non-hydrogen) atoms. The number of unbranched alkanes of at least 4 members (excludes halogenated alkanes) is 2. The standard InChI is InChI=1S/C23H26N4O/c1-2-3-12-21(28)27(15-5-4-14-26-16-13-24-17-26)23-19-10-6-8-18-9-7-11-20(25-23)22(18)19/h6-11,13,16-17H,2-5,12,14-15H2,1H3. The SMILES string of the molecule is CCCCC(=O)N(CCCCn1ccnc1)C1=Nc2cccc3cccc1c23. The molecule has 3 aromatic rings. The lowest BCUT2D eigenvalue weighted by Crippen LogP contribution is -2.37. The highest BCUT2D eigenvalue weighted by atomic mass is 16.2. The number of nitrogens with zero attached hydrogens (tertiary/aromatic N) is 4. The first-order valence-corrected chi connectivity index (χ1v) is 10.1. The normalized spacial score (nSPS) is 12.4. The number of amidine groups is 1. The van der Waals surface area contributed by atoms with Crippen LogP contribution in [0.25, 0.3) is 10.8 Å². The van der Waals surface area contributed by atoms with E-state index in [0.29, 0.717) is 13.0 Å². The van der Waals surface area contributed by atoms with Crippen LogP contribution in [0, 0.1) is 0 Å². The van der Waals surface area contributed by atoms with Gasteiger partial charge in [0.05, 0.1) is 12.0 Å². The number of hydrogen-bond donors (Lipinski definition) is 0. The molecule has 1 aromatic heterocycles. The molecule has 5 heteroatoms. The van der Waals surface area contributed by atoms with Gasteiger partial charge in [0.1, 0.15) is 5.84 Å². The van der Waals surface area contributed by atoms with E-state index in [0.717, 1.165) is 54.7 Å². The van der Waals surface area contributed by atoms with E-state index in [2.05, 4.69) is 40.7 Å². The third kappa shape index (κ3) is 3.70. The summed E-state index contributed by atoms with van der Waals surface area (Å²) in [6.45, 7) is 3.73. The van der Waals surface area contributed by atoms with Crippen LogP contribution in [0.5, 0.6) is 0 Å². The van der Waals surface area contributed by atoms with Crippen molar-refractivity contribution in [1.29, 1.82) is 0 Å². The molecule has 0 radical (unpaired) electrons. The predicted octanol–water partition coefficient (Wildman–Crippen LogP) is 4.93. The third-order valence-corrected chi connectivity index (χ3v) is 5.26. The topological polar surface area (TPSA) is 50.5 Å². The second-order valence-corrected chi connectivity index (χ2v) is 7.27. The lowest BCUT2D eigenvalue weighted by Gasteiger charge is -2.23. The number of hydrogen-bond acceptors (Lipinski definition) is 3. The summed E-state index contributed by atoms with van der Waals surface area (Å²) >= 11 is 0. The number of aromatic nitrogens is 2. The molecule has 2 heterocycles. The Kier molecular flexibility index (Phi) is 5.51. The first-order valence-electron chi connectivity index (χ1n) is 10.1. The number of carbonyl (C=O) groups is 1. The summed E-state index contributed by atoms with van der Waals surface area (Å²) in [5, 5.41) is 2.33. The number of benzene rings is 2. The maximum absolute atomic E-state index is 13.0. The average Bonchev–Trinajstić information content (AvgIpc) is 3.36. The van der Waals surface area contributed by atoms with E-state index in [1.807, 2.05) is 29.6 Å². The molecule has 0 bridgehead atoms. The minimum atomic E-state index is 0.174. The Hall–Kier alpha value is -2.95. The zero-order valence-corrected chi connectivity index (χ0v) is 16.3.